The van der Waals surface area contributed by atoms with Gasteiger partial charge in [0.1, 0.15) is 5.82 Å². The quantitative estimate of drug-likeness (QED) is 0.880. The molecule has 2 aromatic rings. The van der Waals surface area contributed by atoms with E-state index >= 15 is 0 Å². The van der Waals surface area contributed by atoms with Crippen LogP contribution in [0.1, 0.15) is 35.9 Å². The van der Waals surface area contributed by atoms with E-state index in [1.54, 1.807) is 23.5 Å². The number of hydrogen-bond acceptors (Lipinski definition) is 5. The zero-order valence-corrected chi connectivity index (χ0v) is 11.7. The number of hydrogen-bond donors (Lipinski definition) is 2. The highest BCUT2D eigenvalue weighted by Gasteiger charge is 2.13. The van der Waals surface area contributed by atoms with E-state index in [9.17, 15) is 4.79 Å². The van der Waals surface area contributed by atoms with E-state index in [4.69, 9.17) is 0 Å². The third kappa shape index (κ3) is 3.51. The average Bonchev–Trinajstić information content (AvgIpc) is 2.94. The van der Waals surface area contributed by atoms with Crippen LogP contribution in [0.4, 0.5) is 5.82 Å². The molecular weight excluding hydrogens is 260 g/mol. The minimum absolute atomic E-state index is 0.0333. The van der Waals surface area contributed by atoms with Gasteiger partial charge in [0, 0.05) is 6.54 Å². The average molecular weight is 276 g/mol. The van der Waals surface area contributed by atoms with Crippen molar-refractivity contribution in [2.24, 2.45) is 0 Å². The minimum Gasteiger partial charge on any atom is -0.369 e. The van der Waals surface area contributed by atoms with E-state index in [2.05, 4.69) is 20.8 Å². The molecule has 0 saturated heterocycles. The van der Waals surface area contributed by atoms with Crippen LogP contribution in [0, 0.1) is 0 Å². The normalized spacial score (nSPS) is 11.9. The molecule has 1 amide bonds. The lowest BCUT2D eigenvalue weighted by Gasteiger charge is -2.11. The van der Waals surface area contributed by atoms with Gasteiger partial charge in [-0.3, -0.25) is 4.79 Å². The fourth-order valence-corrected chi connectivity index (χ4v) is 2.36. The molecule has 2 N–H and O–H groups in total. The number of carbonyl (C=O) groups is 1. The second-order valence-electron chi connectivity index (χ2n) is 4.09. The van der Waals surface area contributed by atoms with Crippen molar-refractivity contribution >= 4 is 23.1 Å². The van der Waals surface area contributed by atoms with E-state index in [1.165, 1.54) is 0 Å². The first-order chi connectivity index (χ1) is 9.20. The molecule has 5 nitrogen and oxygen atoms in total. The summed E-state index contributed by atoms with van der Waals surface area (Å²) in [5, 5.41) is 17.8. The Bertz CT molecular complexity index is 524. The van der Waals surface area contributed by atoms with Gasteiger partial charge in [0.15, 0.2) is 5.69 Å². The molecule has 2 heterocycles. The molecule has 1 atom stereocenters. The summed E-state index contributed by atoms with van der Waals surface area (Å²) in [6, 6.07) is 5.38. The van der Waals surface area contributed by atoms with Gasteiger partial charge in [-0.15, -0.1) is 10.2 Å². The van der Waals surface area contributed by atoms with Crippen LogP contribution in [-0.2, 0) is 0 Å². The Hall–Kier alpha value is -1.95. The van der Waals surface area contributed by atoms with Crippen molar-refractivity contribution in [3.8, 4) is 0 Å². The summed E-state index contributed by atoms with van der Waals surface area (Å²) in [5.41, 5.74) is 1.42. The zero-order chi connectivity index (χ0) is 13.7. The predicted molar refractivity (Wildman–Crippen MR) is 76.4 cm³/mol. The molecular formula is C13H16N4OS. The SMILES string of the molecule is CCNc1ccc(C(=O)NC(C)c2ccsc2)nn1. The number of aromatic nitrogens is 2. The predicted octanol–water partition coefficient (Wildman–Crippen LogP) is 2.46. The van der Waals surface area contributed by atoms with Crippen LogP contribution in [0.15, 0.2) is 29.0 Å². The van der Waals surface area contributed by atoms with E-state index in [-0.39, 0.29) is 11.9 Å². The molecule has 0 bridgehead atoms. The smallest absolute Gasteiger partial charge is 0.272 e. The standard InChI is InChI=1S/C13H16N4OS/c1-3-14-12-5-4-11(16-17-12)13(18)15-9(2)10-6-7-19-8-10/h4-9H,3H2,1-2H3,(H,14,17)(H,15,18). The second-order valence-corrected chi connectivity index (χ2v) is 4.87. The van der Waals surface area contributed by atoms with E-state index < -0.39 is 0 Å². The van der Waals surface area contributed by atoms with Gasteiger partial charge in [0.25, 0.3) is 5.91 Å². The summed E-state index contributed by atoms with van der Waals surface area (Å²) in [5.74, 6) is 0.458. The summed E-state index contributed by atoms with van der Waals surface area (Å²) in [6.45, 7) is 4.70. The summed E-state index contributed by atoms with van der Waals surface area (Å²) in [4.78, 5) is 12.0. The molecule has 0 aromatic carbocycles. The molecule has 0 fully saturated rings. The van der Waals surface area contributed by atoms with Crippen molar-refractivity contribution in [1.29, 1.82) is 0 Å². The highest BCUT2D eigenvalue weighted by atomic mass is 32.1. The number of thiophene rings is 1. The van der Waals surface area contributed by atoms with E-state index in [0.717, 1.165) is 12.1 Å². The Kier molecular flexibility index (Phi) is 4.46. The van der Waals surface area contributed by atoms with Crippen molar-refractivity contribution < 1.29 is 4.79 Å². The van der Waals surface area contributed by atoms with Gasteiger partial charge in [0.2, 0.25) is 0 Å². The number of anilines is 1. The molecule has 2 rings (SSSR count). The summed E-state index contributed by atoms with van der Waals surface area (Å²) in [6.07, 6.45) is 0. The molecule has 0 aliphatic heterocycles. The fraction of sp³-hybridized carbons (Fsp3) is 0.308. The van der Waals surface area contributed by atoms with Crippen LogP contribution < -0.4 is 10.6 Å². The molecule has 6 heteroatoms. The fourth-order valence-electron chi connectivity index (χ4n) is 1.60. The van der Waals surface area contributed by atoms with Crippen molar-refractivity contribution in [1.82, 2.24) is 15.5 Å². The Morgan fingerprint density at radius 2 is 2.21 bits per heavy atom. The molecule has 0 saturated carbocycles. The van der Waals surface area contributed by atoms with Crippen molar-refractivity contribution in [2.75, 3.05) is 11.9 Å². The second kappa shape index (κ2) is 6.29. The highest BCUT2D eigenvalue weighted by molar-refractivity contribution is 7.07. The number of amides is 1. The van der Waals surface area contributed by atoms with Crippen LogP contribution in [0.3, 0.4) is 0 Å². The maximum absolute atomic E-state index is 12.0. The Balaban J connectivity index is 1.99. The Morgan fingerprint density at radius 1 is 1.37 bits per heavy atom. The maximum atomic E-state index is 12.0. The lowest BCUT2D eigenvalue weighted by molar-refractivity contribution is 0.0934. The maximum Gasteiger partial charge on any atom is 0.272 e. The van der Waals surface area contributed by atoms with Crippen LogP contribution in [0.25, 0.3) is 0 Å². The summed E-state index contributed by atoms with van der Waals surface area (Å²) in [7, 11) is 0. The molecule has 0 radical (unpaired) electrons. The van der Waals surface area contributed by atoms with Gasteiger partial charge in [-0.05, 0) is 48.4 Å². The van der Waals surface area contributed by atoms with Gasteiger partial charge in [0.05, 0.1) is 6.04 Å². The van der Waals surface area contributed by atoms with Crippen LogP contribution in [-0.4, -0.2) is 22.6 Å². The molecule has 19 heavy (non-hydrogen) atoms. The Morgan fingerprint density at radius 3 is 2.79 bits per heavy atom. The first-order valence-electron chi connectivity index (χ1n) is 6.11. The zero-order valence-electron chi connectivity index (χ0n) is 10.9. The first kappa shape index (κ1) is 13.5. The highest BCUT2D eigenvalue weighted by Crippen LogP contribution is 2.15. The number of rotatable bonds is 5. The monoisotopic (exact) mass is 276 g/mol. The van der Waals surface area contributed by atoms with Crippen LogP contribution in [0.2, 0.25) is 0 Å². The first-order valence-corrected chi connectivity index (χ1v) is 7.05. The van der Waals surface area contributed by atoms with Gasteiger partial charge in [-0.25, -0.2) is 0 Å². The van der Waals surface area contributed by atoms with Gasteiger partial charge in [-0.2, -0.15) is 11.3 Å². The molecule has 0 aliphatic rings. The third-order valence-corrected chi connectivity index (χ3v) is 3.35. The molecule has 2 aromatic heterocycles. The lowest BCUT2D eigenvalue weighted by atomic mass is 10.2. The molecule has 100 valence electrons. The van der Waals surface area contributed by atoms with Gasteiger partial charge < -0.3 is 10.6 Å². The minimum atomic E-state index is -0.214. The largest absolute Gasteiger partial charge is 0.369 e. The van der Waals surface area contributed by atoms with Crippen molar-refractivity contribution in [3.63, 3.8) is 0 Å². The number of carbonyl (C=O) groups excluding carboxylic acids is 1. The molecule has 1 unspecified atom stereocenters. The lowest BCUT2D eigenvalue weighted by Crippen LogP contribution is -2.27. The summed E-state index contributed by atoms with van der Waals surface area (Å²) >= 11 is 1.61. The van der Waals surface area contributed by atoms with E-state index in [1.807, 2.05) is 30.7 Å². The summed E-state index contributed by atoms with van der Waals surface area (Å²) < 4.78 is 0. The van der Waals surface area contributed by atoms with Crippen LogP contribution >= 0.6 is 11.3 Å². The van der Waals surface area contributed by atoms with Crippen molar-refractivity contribution in [2.45, 2.75) is 19.9 Å². The van der Waals surface area contributed by atoms with Gasteiger partial charge >= 0.3 is 0 Å². The number of nitrogens with one attached hydrogen (secondary N) is 2. The third-order valence-electron chi connectivity index (χ3n) is 2.65. The Labute approximate surface area is 116 Å². The molecule has 0 spiro atoms. The van der Waals surface area contributed by atoms with Gasteiger partial charge in [-0.1, -0.05) is 0 Å². The topological polar surface area (TPSA) is 66.9 Å². The van der Waals surface area contributed by atoms with E-state index in [0.29, 0.717) is 11.5 Å². The van der Waals surface area contributed by atoms with Crippen LogP contribution in [0.5, 0.6) is 0 Å². The van der Waals surface area contributed by atoms with Crippen molar-refractivity contribution in [3.05, 3.63) is 40.2 Å². The molecule has 0 aliphatic carbocycles. The number of nitrogens with zero attached hydrogens (tertiary/aromatic N) is 2.